The zero-order valence-electron chi connectivity index (χ0n) is 10.1. The SMILES string of the molecule is CC(C)c1noc(CS(=O)c2cccc(F)c2)n1. The molecule has 96 valence electrons. The molecule has 1 heterocycles. The van der Waals surface area contributed by atoms with Crippen LogP contribution in [0.4, 0.5) is 4.39 Å². The van der Waals surface area contributed by atoms with E-state index >= 15 is 0 Å². The lowest BCUT2D eigenvalue weighted by molar-refractivity contribution is 0.382. The van der Waals surface area contributed by atoms with Crippen LogP contribution < -0.4 is 0 Å². The Kier molecular flexibility index (Phi) is 3.86. The number of hydrogen-bond acceptors (Lipinski definition) is 4. The van der Waals surface area contributed by atoms with E-state index in [0.29, 0.717) is 16.6 Å². The van der Waals surface area contributed by atoms with Crippen molar-refractivity contribution in [1.82, 2.24) is 10.1 Å². The molecular weight excluding hydrogens is 255 g/mol. The maximum atomic E-state index is 13.0. The predicted octanol–water partition coefficient (Wildman–Crippen LogP) is 2.64. The van der Waals surface area contributed by atoms with Gasteiger partial charge in [-0.05, 0) is 18.2 Å². The lowest BCUT2D eigenvalue weighted by atomic mass is 10.2. The zero-order chi connectivity index (χ0) is 13.1. The number of hydrogen-bond donors (Lipinski definition) is 0. The third kappa shape index (κ3) is 3.01. The molecule has 0 amide bonds. The molecule has 0 bridgehead atoms. The van der Waals surface area contributed by atoms with E-state index in [9.17, 15) is 8.60 Å². The maximum Gasteiger partial charge on any atom is 0.239 e. The van der Waals surface area contributed by atoms with Crippen molar-refractivity contribution in [2.24, 2.45) is 0 Å². The Hall–Kier alpha value is -1.56. The monoisotopic (exact) mass is 268 g/mol. The van der Waals surface area contributed by atoms with Crippen molar-refractivity contribution in [3.63, 3.8) is 0 Å². The van der Waals surface area contributed by atoms with Gasteiger partial charge in [-0.25, -0.2) is 4.39 Å². The summed E-state index contributed by atoms with van der Waals surface area (Å²) < 4.78 is 30.0. The molecule has 6 heteroatoms. The summed E-state index contributed by atoms with van der Waals surface area (Å²) in [5.74, 6) is 0.741. The van der Waals surface area contributed by atoms with Gasteiger partial charge in [0.05, 0.1) is 10.8 Å². The molecule has 0 N–H and O–H groups in total. The third-order valence-electron chi connectivity index (χ3n) is 2.31. The summed E-state index contributed by atoms with van der Waals surface area (Å²) in [4.78, 5) is 4.55. The zero-order valence-corrected chi connectivity index (χ0v) is 10.9. The molecule has 1 unspecified atom stereocenters. The summed E-state index contributed by atoms with van der Waals surface area (Å²) >= 11 is 0. The molecular formula is C12H13FN2O2S. The van der Waals surface area contributed by atoms with Crippen LogP contribution in [0.15, 0.2) is 33.7 Å². The minimum atomic E-state index is -1.38. The molecule has 4 nitrogen and oxygen atoms in total. The van der Waals surface area contributed by atoms with Crippen LogP contribution in [0.2, 0.25) is 0 Å². The van der Waals surface area contributed by atoms with Crippen molar-refractivity contribution < 1.29 is 13.1 Å². The first-order valence-electron chi connectivity index (χ1n) is 5.52. The Balaban J connectivity index is 2.11. The molecule has 0 aliphatic heterocycles. The second-order valence-electron chi connectivity index (χ2n) is 4.15. The quantitative estimate of drug-likeness (QED) is 0.855. The van der Waals surface area contributed by atoms with Crippen molar-refractivity contribution in [2.45, 2.75) is 30.4 Å². The number of aromatic nitrogens is 2. The van der Waals surface area contributed by atoms with E-state index in [1.165, 1.54) is 18.2 Å². The second-order valence-corrected chi connectivity index (χ2v) is 5.60. The average molecular weight is 268 g/mol. The topological polar surface area (TPSA) is 56.0 Å². The van der Waals surface area contributed by atoms with Gasteiger partial charge in [-0.15, -0.1) is 0 Å². The molecule has 0 fully saturated rings. The van der Waals surface area contributed by atoms with Crippen molar-refractivity contribution in [3.05, 3.63) is 41.8 Å². The molecule has 0 spiro atoms. The van der Waals surface area contributed by atoms with E-state index in [1.807, 2.05) is 13.8 Å². The summed E-state index contributed by atoms with van der Waals surface area (Å²) in [7, 11) is -1.38. The number of rotatable bonds is 4. The highest BCUT2D eigenvalue weighted by atomic mass is 32.2. The summed E-state index contributed by atoms with van der Waals surface area (Å²) in [5.41, 5.74) is 0. The van der Waals surface area contributed by atoms with Crippen LogP contribution in [0, 0.1) is 5.82 Å². The molecule has 2 aromatic rings. The highest BCUT2D eigenvalue weighted by Crippen LogP contribution is 2.15. The molecule has 0 saturated carbocycles. The first kappa shape index (κ1) is 12.9. The van der Waals surface area contributed by atoms with E-state index in [-0.39, 0.29) is 11.7 Å². The van der Waals surface area contributed by atoms with Crippen LogP contribution in [0.1, 0.15) is 31.5 Å². The Morgan fingerprint density at radius 1 is 1.44 bits per heavy atom. The van der Waals surface area contributed by atoms with Crippen molar-refractivity contribution in [1.29, 1.82) is 0 Å². The fraction of sp³-hybridized carbons (Fsp3) is 0.333. The van der Waals surface area contributed by atoms with Crippen molar-refractivity contribution >= 4 is 10.8 Å². The summed E-state index contributed by atoms with van der Waals surface area (Å²) in [6, 6.07) is 5.69. The Bertz CT molecular complexity index is 569. The van der Waals surface area contributed by atoms with Crippen LogP contribution in [-0.4, -0.2) is 14.3 Å². The molecule has 18 heavy (non-hydrogen) atoms. The van der Waals surface area contributed by atoms with Gasteiger partial charge in [0, 0.05) is 10.8 Å². The smallest absolute Gasteiger partial charge is 0.239 e. The van der Waals surface area contributed by atoms with Gasteiger partial charge < -0.3 is 4.52 Å². The third-order valence-corrected chi connectivity index (χ3v) is 3.60. The van der Waals surface area contributed by atoms with E-state index in [2.05, 4.69) is 10.1 Å². The van der Waals surface area contributed by atoms with Gasteiger partial charge in [0.1, 0.15) is 11.6 Å². The molecule has 1 atom stereocenters. The Morgan fingerprint density at radius 2 is 2.22 bits per heavy atom. The summed E-state index contributed by atoms with van der Waals surface area (Å²) in [6.45, 7) is 3.89. The van der Waals surface area contributed by atoms with E-state index in [4.69, 9.17) is 4.52 Å². The van der Waals surface area contributed by atoms with Crippen LogP contribution in [0.5, 0.6) is 0 Å². The van der Waals surface area contributed by atoms with Crippen LogP contribution >= 0.6 is 0 Å². The maximum absolute atomic E-state index is 13.0. The Labute approximate surface area is 107 Å². The van der Waals surface area contributed by atoms with Gasteiger partial charge in [-0.2, -0.15) is 4.98 Å². The highest BCUT2D eigenvalue weighted by molar-refractivity contribution is 7.84. The van der Waals surface area contributed by atoms with Gasteiger partial charge in [0.15, 0.2) is 5.82 Å². The van der Waals surface area contributed by atoms with Gasteiger partial charge in [0.2, 0.25) is 5.89 Å². The van der Waals surface area contributed by atoms with Crippen LogP contribution in [0.25, 0.3) is 0 Å². The van der Waals surface area contributed by atoms with Gasteiger partial charge in [-0.1, -0.05) is 25.1 Å². The molecule has 1 aromatic heterocycles. The van der Waals surface area contributed by atoms with Crippen LogP contribution in [-0.2, 0) is 16.6 Å². The Morgan fingerprint density at radius 3 is 2.83 bits per heavy atom. The number of benzene rings is 1. The van der Waals surface area contributed by atoms with E-state index in [0.717, 1.165) is 0 Å². The van der Waals surface area contributed by atoms with E-state index < -0.39 is 16.6 Å². The summed E-state index contributed by atoms with van der Waals surface area (Å²) in [6.07, 6.45) is 0. The lowest BCUT2D eigenvalue weighted by Crippen LogP contribution is -1.98. The first-order chi connectivity index (χ1) is 8.56. The lowest BCUT2D eigenvalue weighted by Gasteiger charge is -1.98. The minimum absolute atomic E-state index is 0.100. The number of nitrogens with zero attached hydrogens (tertiary/aromatic N) is 2. The standard InChI is InChI=1S/C12H13FN2O2S/c1-8(2)12-14-11(17-15-12)7-18(16)10-5-3-4-9(13)6-10/h3-6,8H,7H2,1-2H3. The normalized spacial score (nSPS) is 12.9. The molecule has 1 aromatic carbocycles. The fourth-order valence-electron chi connectivity index (χ4n) is 1.37. The van der Waals surface area contributed by atoms with Gasteiger partial charge in [-0.3, -0.25) is 4.21 Å². The van der Waals surface area contributed by atoms with Crippen molar-refractivity contribution in [3.8, 4) is 0 Å². The highest BCUT2D eigenvalue weighted by Gasteiger charge is 2.13. The fourth-order valence-corrected chi connectivity index (χ4v) is 2.35. The molecule has 0 aliphatic carbocycles. The first-order valence-corrected chi connectivity index (χ1v) is 6.84. The van der Waals surface area contributed by atoms with Crippen molar-refractivity contribution in [2.75, 3.05) is 0 Å². The van der Waals surface area contributed by atoms with Gasteiger partial charge in [0.25, 0.3) is 0 Å². The van der Waals surface area contributed by atoms with Crippen LogP contribution in [0.3, 0.4) is 0 Å². The van der Waals surface area contributed by atoms with E-state index in [1.54, 1.807) is 6.07 Å². The molecule has 0 saturated heterocycles. The van der Waals surface area contributed by atoms with Gasteiger partial charge >= 0.3 is 0 Å². The summed E-state index contributed by atoms with van der Waals surface area (Å²) in [5, 5.41) is 3.79. The number of halogens is 1. The molecule has 2 rings (SSSR count). The second kappa shape index (κ2) is 5.39. The molecule has 0 aliphatic rings. The predicted molar refractivity (Wildman–Crippen MR) is 64.9 cm³/mol. The largest absolute Gasteiger partial charge is 0.338 e. The molecule has 0 radical (unpaired) electrons. The average Bonchev–Trinajstić information content (AvgIpc) is 2.77. The minimum Gasteiger partial charge on any atom is -0.338 e.